The van der Waals surface area contributed by atoms with Gasteiger partial charge in [-0.2, -0.15) is 5.10 Å². The Morgan fingerprint density at radius 2 is 1.73 bits per heavy atom. The molecule has 0 bridgehead atoms. The lowest BCUT2D eigenvalue weighted by atomic mass is 9.86. The number of hydrogen-bond donors (Lipinski definition) is 1. The number of pyridine rings is 1. The van der Waals surface area contributed by atoms with Gasteiger partial charge in [-0.1, -0.05) is 12.1 Å². The first-order valence-electron chi connectivity index (χ1n) is 13.0. The van der Waals surface area contributed by atoms with E-state index in [0.717, 1.165) is 37.1 Å². The highest BCUT2D eigenvalue weighted by Gasteiger charge is 2.31. The van der Waals surface area contributed by atoms with Crippen LogP contribution in [0.5, 0.6) is 0 Å². The Balaban J connectivity index is 1.51. The standard InChI is InChI=1S/C30H25F5N4O2/c31-20-9-16(10-21(32)13-20)8-19(11-22(40)15-39-27(17-3-4-17)14-26(38-39)29(34)35)28-23(2-1-7-37-28)18-5-6-25(33)24(12-18)30(36)41/h1-2,5-7,9-10,12-14,17,19,29H,3-4,8,11,15H2,(H2,36,41)/t19-/m1/s1. The largest absolute Gasteiger partial charge is 0.366 e. The van der Waals surface area contributed by atoms with Gasteiger partial charge in [-0.15, -0.1) is 0 Å². The number of nitrogens with two attached hydrogens (primary N) is 1. The molecule has 41 heavy (non-hydrogen) atoms. The van der Waals surface area contributed by atoms with Crippen molar-refractivity contribution >= 4 is 11.7 Å². The van der Waals surface area contributed by atoms with Crippen molar-refractivity contribution in [1.82, 2.24) is 14.8 Å². The van der Waals surface area contributed by atoms with Crippen LogP contribution in [0.3, 0.4) is 0 Å². The number of alkyl halides is 2. The Labute approximate surface area is 232 Å². The van der Waals surface area contributed by atoms with Crippen LogP contribution in [0.1, 0.15) is 70.5 Å². The zero-order valence-electron chi connectivity index (χ0n) is 21.7. The van der Waals surface area contributed by atoms with Crippen molar-refractivity contribution in [3.05, 3.63) is 106 Å². The number of carbonyl (C=O) groups excluding carboxylic acids is 2. The summed E-state index contributed by atoms with van der Waals surface area (Å²) in [6.07, 6.45) is 0.174. The Morgan fingerprint density at radius 1 is 1.00 bits per heavy atom. The first kappa shape index (κ1) is 28.1. The molecular formula is C30H25F5N4O2. The Bertz CT molecular complexity index is 1600. The molecule has 0 saturated heterocycles. The minimum atomic E-state index is -2.78. The zero-order chi connectivity index (χ0) is 29.3. The quantitative estimate of drug-likeness (QED) is 0.216. The number of Topliss-reactive ketones (excluding diaryl/α,β-unsaturated/α-hetero) is 1. The number of amides is 1. The molecule has 4 aromatic rings. The number of benzene rings is 2. The second-order valence-electron chi connectivity index (χ2n) is 10.1. The molecule has 212 valence electrons. The summed E-state index contributed by atoms with van der Waals surface area (Å²) in [6.45, 7) is -0.267. The molecule has 0 unspecified atom stereocenters. The second-order valence-corrected chi connectivity index (χ2v) is 10.1. The summed E-state index contributed by atoms with van der Waals surface area (Å²) >= 11 is 0. The van der Waals surface area contributed by atoms with Gasteiger partial charge < -0.3 is 5.73 Å². The van der Waals surface area contributed by atoms with Crippen LogP contribution in [0, 0.1) is 17.5 Å². The van der Waals surface area contributed by atoms with Crippen LogP contribution in [0.25, 0.3) is 11.1 Å². The van der Waals surface area contributed by atoms with E-state index in [1.165, 1.54) is 29.1 Å². The number of ketones is 1. The normalized spacial score (nSPS) is 13.9. The topological polar surface area (TPSA) is 90.9 Å². The third-order valence-electron chi connectivity index (χ3n) is 7.02. The van der Waals surface area contributed by atoms with E-state index < -0.39 is 41.4 Å². The average molecular weight is 569 g/mol. The fourth-order valence-electron chi connectivity index (χ4n) is 5.05. The summed E-state index contributed by atoms with van der Waals surface area (Å²) in [4.78, 5) is 29.6. The lowest BCUT2D eigenvalue weighted by Gasteiger charge is -2.20. The molecule has 1 atom stereocenters. The van der Waals surface area contributed by atoms with Crippen LogP contribution < -0.4 is 5.73 Å². The molecule has 1 amide bonds. The van der Waals surface area contributed by atoms with Crippen molar-refractivity contribution in [2.45, 2.75) is 50.5 Å². The summed E-state index contributed by atoms with van der Waals surface area (Å²) in [7, 11) is 0. The molecule has 1 aliphatic rings. The highest BCUT2D eigenvalue weighted by molar-refractivity contribution is 5.94. The van der Waals surface area contributed by atoms with Gasteiger partial charge in [-0.25, -0.2) is 22.0 Å². The Kier molecular flexibility index (Phi) is 7.96. The summed E-state index contributed by atoms with van der Waals surface area (Å²) in [5, 5.41) is 3.95. The van der Waals surface area contributed by atoms with Gasteiger partial charge in [0.25, 0.3) is 12.3 Å². The van der Waals surface area contributed by atoms with Crippen LogP contribution in [0.15, 0.2) is 60.8 Å². The van der Waals surface area contributed by atoms with E-state index in [0.29, 0.717) is 22.5 Å². The van der Waals surface area contributed by atoms with Gasteiger partial charge in [0, 0.05) is 41.8 Å². The average Bonchev–Trinajstić information content (AvgIpc) is 3.67. The van der Waals surface area contributed by atoms with Crippen LogP contribution in [-0.2, 0) is 17.8 Å². The lowest BCUT2D eigenvalue weighted by Crippen LogP contribution is -2.19. The number of carbonyl (C=O) groups is 2. The molecule has 0 radical (unpaired) electrons. The lowest BCUT2D eigenvalue weighted by molar-refractivity contribution is -0.120. The number of rotatable bonds is 11. The van der Waals surface area contributed by atoms with Crippen molar-refractivity contribution in [3.8, 4) is 11.1 Å². The molecule has 2 aromatic heterocycles. The van der Waals surface area contributed by atoms with Gasteiger partial charge in [0.2, 0.25) is 0 Å². The summed E-state index contributed by atoms with van der Waals surface area (Å²) in [5.74, 6) is -4.37. The number of aromatic nitrogens is 3. The third-order valence-corrected chi connectivity index (χ3v) is 7.02. The molecule has 1 saturated carbocycles. The van der Waals surface area contributed by atoms with E-state index in [1.54, 1.807) is 12.1 Å². The van der Waals surface area contributed by atoms with Crippen LogP contribution in [0.4, 0.5) is 22.0 Å². The predicted octanol–water partition coefficient (Wildman–Crippen LogP) is 6.26. The summed E-state index contributed by atoms with van der Waals surface area (Å²) in [5.41, 5.74) is 6.65. The van der Waals surface area contributed by atoms with Gasteiger partial charge >= 0.3 is 0 Å². The summed E-state index contributed by atoms with van der Waals surface area (Å²) < 4.78 is 70.3. The maximum atomic E-state index is 14.2. The zero-order valence-corrected chi connectivity index (χ0v) is 21.7. The van der Waals surface area contributed by atoms with Gasteiger partial charge in [-0.05, 0) is 66.8 Å². The predicted molar refractivity (Wildman–Crippen MR) is 140 cm³/mol. The molecule has 5 rings (SSSR count). The van der Waals surface area contributed by atoms with Crippen molar-refractivity contribution in [2.24, 2.45) is 5.73 Å². The van der Waals surface area contributed by atoms with Gasteiger partial charge in [0.05, 0.1) is 17.8 Å². The maximum absolute atomic E-state index is 14.2. The van der Waals surface area contributed by atoms with Crippen molar-refractivity contribution in [1.29, 1.82) is 0 Å². The van der Waals surface area contributed by atoms with Gasteiger partial charge in [0.15, 0.2) is 5.78 Å². The fraction of sp³-hybridized carbons (Fsp3) is 0.267. The first-order valence-corrected chi connectivity index (χ1v) is 13.0. The van der Waals surface area contributed by atoms with E-state index in [1.807, 2.05) is 0 Å². The van der Waals surface area contributed by atoms with E-state index in [4.69, 9.17) is 5.73 Å². The minimum absolute atomic E-state index is 0.00514. The van der Waals surface area contributed by atoms with Crippen molar-refractivity contribution in [3.63, 3.8) is 0 Å². The van der Waals surface area contributed by atoms with Crippen LogP contribution in [0.2, 0.25) is 0 Å². The number of primary amides is 1. The minimum Gasteiger partial charge on any atom is -0.366 e. The van der Waals surface area contributed by atoms with Crippen LogP contribution in [-0.4, -0.2) is 26.5 Å². The maximum Gasteiger partial charge on any atom is 0.282 e. The first-order chi connectivity index (χ1) is 19.6. The van der Waals surface area contributed by atoms with Gasteiger partial charge in [0.1, 0.15) is 23.1 Å². The highest BCUT2D eigenvalue weighted by atomic mass is 19.3. The highest BCUT2D eigenvalue weighted by Crippen LogP contribution is 2.41. The molecule has 2 aromatic carbocycles. The van der Waals surface area contributed by atoms with E-state index in [9.17, 15) is 31.5 Å². The molecule has 11 heteroatoms. The molecule has 0 spiro atoms. The molecule has 1 aliphatic carbocycles. The van der Waals surface area contributed by atoms with Crippen molar-refractivity contribution < 1.29 is 31.5 Å². The molecular weight excluding hydrogens is 543 g/mol. The number of hydrogen-bond acceptors (Lipinski definition) is 4. The van der Waals surface area contributed by atoms with E-state index in [2.05, 4.69) is 10.1 Å². The fourth-order valence-corrected chi connectivity index (χ4v) is 5.05. The third kappa shape index (κ3) is 6.50. The monoisotopic (exact) mass is 568 g/mol. The van der Waals surface area contributed by atoms with E-state index in [-0.39, 0.29) is 42.2 Å². The van der Waals surface area contributed by atoms with Crippen molar-refractivity contribution in [2.75, 3.05) is 0 Å². The number of halogens is 5. The van der Waals surface area contributed by atoms with E-state index >= 15 is 0 Å². The molecule has 0 aliphatic heterocycles. The molecule has 1 fully saturated rings. The molecule has 6 nitrogen and oxygen atoms in total. The molecule has 2 heterocycles. The van der Waals surface area contributed by atoms with Gasteiger partial charge in [-0.3, -0.25) is 19.3 Å². The van der Waals surface area contributed by atoms with Crippen LogP contribution >= 0.6 is 0 Å². The Morgan fingerprint density at radius 3 is 2.39 bits per heavy atom. The SMILES string of the molecule is NC(=O)c1cc(-c2cccnc2[C@@H](CC(=O)Cn2nc(C(F)F)cc2C2CC2)Cc2cc(F)cc(F)c2)ccc1F. The second kappa shape index (κ2) is 11.6. The Hall–Kier alpha value is -4.41. The smallest absolute Gasteiger partial charge is 0.282 e. The number of nitrogens with zero attached hydrogens (tertiary/aromatic N) is 3. The molecule has 2 N–H and O–H groups in total. The summed E-state index contributed by atoms with van der Waals surface area (Å²) in [6, 6.07) is 11.4.